The first-order valence-electron chi connectivity index (χ1n) is 8.71. The van der Waals surface area contributed by atoms with Gasteiger partial charge in [-0.2, -0.15) is 5.10 Å². The Morgan fingerprint density at radius 1 is 1.04 bits per heavy atom. The van der Waals surface area contributed by atoms with Crippen LogP contribution in [-0.4, -0.2) is 31.3 Å². The largest absolute Gasteiger partial charge is 0.348 e. The van der Waals surface area contributed by atoms with Gasteiger partial charge in [-0.25, -0.2) is 9.67 Å². The smallest absolute Gasteiger partial charge is 0.0980 e. The Balaban J connectivity index is 1.68. The van der Waals surface area contributed by atoms with Crippen molar-refractivity contribution in [1.82, 2.24) is 30.0 Å². The van der Waals surface area contributed by atoms with Crippen molar-refractivity contribution < 1.29 is 0 Å². The minimum Gasteiger partial charge on any atom is -0.348 e. The summed E-state index contributed by atoms with van der Waals surface area (Å²) in [6.07, 6.45) is 8.44. The second-order valence-corrected chi connectivity index (χ2v) is 6.35. The lowest BCUT2D eigenvalue weighted by atomic mass is 9.96. The van der Waals surface area contributed by atoms with Gasteiger partial charge < -0.3 is 10.3 Å². The van der Waals surface area contributed by atoms with Crippen molar-refractivity contribution in [3.8, 4) is 16.9 Å². The maximum absolute atomic E-state index is 4.89. The molecule has 0 spiro atoms. The first-order chi connectivity index (χ1) is 12.9. The average molecular weight is 342 g/mol. The quantitative estimate of drug-likeness (QED) is 0.600. The predicted octanol–water partition coefficient (Wildman–Crippen LogP) is 2.89. The van der Waals surface area contributed by atoms with Crippen LogP contribution in [0, 0.1) is 0 Å². The van der Waals surface area contributed by atoms with Gasteiger partial charge in [0.2, 0.25) is 0 Å². The van der Waals surface area contributed by atoms with Gasteiger partial charge in [0.05, 0.1) is 29.4 Å². The van der Waals surface area contributed by atoms with Gasteiger partial charge in [-0.3, -0.25) is 4.98 Å². The maximum atomic E-state index is 4.89. The van der Waals surface area contributed by atoms with Crippen molar-refractivity contribution in [2.75, 3.05) is 6.54 Å². The number of hydrogen-bond donors (Lipinski definition) is 2. The van der Waals surface area contributed by atoms with Crippen LogP contribution in [0.25, 0.3) is 16.9 Å². The molecular formula is C20H18N6. The number of hydrogen-bond acceptors (Lipinski definition) is 4. The Morgan fingerprint density at radius 3 is 2.73 bits per heavy atom. The molecule has 4 heterocycles. The van der Waals surface area contributed by atoms with Crippen LogP contribution in [0.1, 0.15) is 23.0 Å². The molecule has 0 saturated carbocycles. The number of aromatic nitrogens is 5. The fourth-order valence-corrected chi connectivity index (χ4v) is 3.52. The van der Waals surface area contributed by atoms with Crippen LogP contribution in [0.2, 0.25) is 0 Å². The van der Waals surface area contributed by atoms with Crippen molar-refractivity contribution in [2.24, 2.45) is 0 Å². The second kappa shape index (κ2) is 6.24. The summed E-state index contributed by atoms with van der Waals surface area (Å²) in [7, 11) is 0. The first kappa shape index (κ1) is 15.0. The number of fused-ring (bicyclic) bond motifs is 1. The molecule has 0 amide bonds. The van der Waals surface area contributed by atoms with Crippen LogP contribution >= 0.6 is 0 Å². The van der Waals surface area contributed by atoms with E-state index in [0.29, 0.717) is 0 Å². The Labute approximate surface area is 150 Å². The molecule has 26 heavy (non-hydrogen) atoms. The van der Waals surface area contributed by atoms with E-state index in [1.54, 1.807) is 18.7 Å². The minimum absolute atomic E-state index is 0.0191. The van der Waals surface area contributed by atoms with Crippen LogP contribution in [-0.2, 0) is 6.42 Å². The maximum Gasteiger partial charge on any atom is 0.0980 e. The van der Waals surface area contributed by atoms with Crippen molar-refractivity contribution in [3.63, 3.8) is 0 Å². The molecule has 6 heteroatoms. The molecule has 1 aromatic carbocycles. The molecule has 2 N–H and O–H groups in total. The summed E-state index contributed by atoms with van der Waals surface area (Å²) in [6.45, 7) is 0.909. The zero-order valence-corrected chi connectivity index (χ0v) is 14.1. The number of rotatable bonds is 3. The third-order valence-corrected chi connectivity index (χ3v) is 4.78. The molecule has 0 fully saturated rings. The molecule has 0 saturated heterocycles. The molecule has 0 radical (unpaired) electrons. The van der Waals surface area contributed by atoms with Gasteiger partial charge in [0.25, 0.3) is 0 Å². The second-order valence-electron chi connectivity index (χ2n) is 6.35. The summed E-state index contributed by atoms with van der Waals surface area (Å²) in [5.74, 6) is 0. The summed E-state index contributed by atoms with van der Waals surface area (Å²) < 4.78 is 1.94. The lowest BCUT2D eigenvalue weighted by Gasteiger charge is -2.23. The van der Waals surface area contributed by atoms with Crippen molar-refractivity contribution in [3.05, 3.63) is 84.3 Å². The van der Waals surface area contributed by atoms with Gasteiger partial charge in [0, 0.05) is 48.4 Å². The van der Waals surface area contributed by atoms with E-state index in [1.807, 2.05) is 35.0 Å². The number of pyridine rings is 1. The average Bonchev–Trinajstić information content (AvgIpc) is 3.36. The Morgan fingerprint density at radius 2 is 1.88 bits per heavy atom. The molecule has 1 aliphatic heterocycles. The predicted molar refractivity (Wildman–Crippen MR) is 98.9 cm³/mol. The molecule has 4 aromatic rings. The molecule has 0 aliphatic carbocycles. The van der Waals surface area contributed by atoms with Crippen molar-refractivity contribution in [1.29, 1.82) is 0 Å². The Bertz CT molecular complexity index is 1020. The zero-order valence-electron chi connectivity index (χ0n) is 14.1. The number of imidazole rings is 1. The molecule has 6 nitrogen and oxygen atoms in total. The van der Waals surface area contributed by atoms with E-state index < -0.39 is 0 Å². The van der Waals surface area contributed by atoms with E-state index in [1.165, 1.54) is 5.69 Å². The van der Waals surface area contributed by atoms with Crippen LogP contribution in [0.5, 0.6) is 0 Å². The van der Waals surface area contributed by atoms with Gasteiger partial charge in [0.15, 0.2) is 0 Å². The first-order valence-corrected chi connectivity index (χ1v) is 8.71. The lowest BCUT2D eigenvalue weighted by molar-refractivity contribution is 0.554. The highest BCUT2D eigenvalue weighted by Gasteiger charge is 2.28. The van der Waals surface area contributed by atoms with Gasteiger partial charge in [-0.1, -0.05) is 18.2 Å². The monoisotopic (exact) mass is 342 g/mol. The minimum atomic E-state index is 0.0191. The zero-order chi connectivity index (χ0) is 17.3. The summed E-state index contributed by atoms with van der Waals surface area (Å²) >= 11 is 0. The summed E-state index contributed by atoms with van der Waals surface area (Å²) in [4.78, 5) is 12.0. The van der Waals surface area contributed by atoms with Crippen molar-refractivity contribution >= 4 is 0 Å². The molecular weight excluding hydrogens is 324 g/mol. The molecule has 5 rings (SSSR count). The van der Waals surface area contributed by atoms with Gasteiger partial charge in [-0.15, -0.1) is 0 Å². The van der Waals surface area contributed by atoms with E-state index in [4.69, 9.17) is 5.10 Å². The number of para-hydroxylation sites is 1. The summed E-state index contributed by atoms with van der Waals surface area (Å²) in [6, 6.07) is 14.2. The van der Waals surface area contributed by atoms with E-state index >= 15 is 0 Å². The van der Waals surface area contributed by atoms with Crippen LogP contribution in [0.15, 0.2) is 67.4 Å². The number of nitrogens with one attached hydrogen (secondary N) is 2. The Hall–Kier alpha value is -3.25. The molecule has 128 valence electrons. The normalized spacial score (nSPS) is 16.4. The lowest BCUT2D eigenvalue weighted by Crippen LogP contribution is -2.30. The fourth-order valence-electron chi connectivity index (χ4n) is 3.52. The highest BCUT2D eigenvalue weighted by atomic mass is 15.3. The van der Waals surface area contributed by atoms with E-state index in [9.17, 15) is 0 Å². The van der Waals surface area contributed by atoms with Crippen molar-refractivity contribution in [2.45, 2.75) is 12.5 Å². The third kappa shape index (κ3) is 2.51. The Kier molecular flexibility index (Phi) is 3.61. The van der Waals surface area contributed by atoms with Gasteiger partial charge >= 0.3 is 0 Å². The number of nitrogens with zero attached hydrogens (tertiary/aromatic N) is 4. The standard InChI is InChI=1S/C20H18N6/c1-2-4-15(5-3-1)26-12-16(18(25-26)14-6-9-21-10-7-14)19-20-17(8-11-22-19)23-13-24-20/h1-7,9-10,12-13,19,22H,8,11H2,(H,23,24)/t19-/m0/s1. The summed E-state index contributed by atoms with van der Waals surface area (Å²) in [5.41, 5.74) is 6.40. The number of aromatic amines is 1. The van der Waals surface area contributed by atoms with E-state index in [-0.39, 0.29) is 6.04 Å². The molecule has 0 unspecified atom stereocenters. The van der Waals surface area contributed by atoms with Crippen LogP contribution in [0.3, 0.4) is 0 Å². The molecule has 3 aromatic heterocycles. The fraction of sp³-hybridized carbons (Fsp3) is 0.150. The highest BCUT2D eigenvalue weighted by molar-refractivity contribution is 5.64. The number of H-pyrrole nitrogens is 1. The molecule has 1 aliphatic rings. The molecule has 0 bridgehead atoms. The number of benzene rings is 1. The SMILES string of the molecule is c1ccc(-n2cc([C@@H]3NCCc4[nH]cnc43)c(-c3ccncc3)n2)cc1. The van der Waals surface area contributed by atoms with Gasteiger partial charge in [-0.05, 0) is 24.3 Å². The molecule has 1 atom stereocenters. The van der Waals surface area contributed by atoms with Crippen LogP contribution in [0.4, 0.5) is 0 Å². The van der Waals surface area contributed by atoms with E-state index in [2.05, 4.69) is 38.6 Å². The van der Waals surface area contributed by atoms with E-state index in [0.717, 1.165) is 41.2 Å². The highest BCUT2D eigenvalue weighted by Crippen LogP contribution is 2.33. The topological polar surface area (TPSA) is 71.4 Å². The van der Waals surface area contributed by atoms with Gasteiger partial charge in [0.1, 0.15) is 0 Å². The summed E-state index contributed by atoms with van der Waals surface area (Å²) in [5, 5.41) is 8.50. The van der Waals surface area contributed by atoms with Crippen LogP contribution < -0.4 is 5.32 Å². The third-order valence-electron chi connectivity index (χ3n) is 4.78.